The highest BCUT2D eigenvalue weighted by Crippen LogP contribution is 2.24. The molecule has 0 bridgehead atoms. The van der Waals surface area contributed by atoms with Gasteiger partial charge in [0.05, 0.1) is 26.6 Å². The molecule has 0 atom stereocenters. The highest BCUT2D eigenvalue weighted by Gasteiger charge is 2.12. The van der Waals surface area contributed by atoms with E-state index in [2.05, 4.69) is 4.98 Å². The Labute approximate surface area is 165 Å². The maximum atomic E-state index is 12.5. The molecule has 0 saturated carbocycles. The van der Waals surface area contributed by atoms with Gasteiger partial charge in [-0.2, -0.15) is 0 Å². The molecule has 3 nitrogen and oxygen atoms in total. The van der Waals surface area contributed by atoms with Crippen molar-refractivity contribution in [2.24, 2.45) is 0 Å². The first-order chi connectivity index (χ1) is 11.9. The summed E-state index contributed by atoms with van der Waals surface area (Å²) in [5.41, 5.74) is 1.47. The van der Waals surface area contributed by atoms with E-state index < -0.39 is 0 Å². The lowest BCUT2D eigenvalue weighted by atomic mass is 10.1. The molecule has 0 aliphatic carbocycles. The van der Waals surface area contributed by atoms with Gasteiger partial charge in [0.2, 0.25) is 0 Å². The summed E-state index contributed by atoms with van der Waals surface area (Å²) in [6, 6.07) is 10.3. The van der Waals surface area contributed by atoms with Gasteiger partial charge >= 0.3 is 0 Å². The van der Waals surface area contributed by atoms with Gasteiger partial charge in [-0.05, 0) is 35.9 Å². The molecule has 1 aromatic heterocycles. The predicted molar refractivity (Wildman–Crippen MR) is 102 cm³/mol. The largest absolute Gasteiger partial charge is 0.327 e. The number of carbonyl (C=O) groups excluding carboxylic acids is 1. The molecule has 128 valence electrons. The van der Waals surface area contributed by atoms with E-state index in [0.29, 0.717) is 32.1 Å². The molecular formula is C18H12Cl4N2O. The molecule has 0 fully saturated rings. The minimum absolute atomic E-state index is 0.0769. The van der Waals surface area contributed by atoms with Crippen LogP contribution in [0.4, 0.5) is 0 Å². The van der Waals surface area contributed by atoms with Crippen LogP contribution in [0.1, 0.15) is 21.7 Å². The summed E-state index contributed by atoms with van der Waals surface area (Å²) in [4.78, 5) is 16.8. The average Bonchev–Trinajstić information content (AvgIpc) is 3.00. The Morgan fingerprint density at radius 3 is 2.28 bits per heavy atom. The number of carbonyl (C=O) groups is 1. The van der Waals surface area contributed by atoms with Gasteiger partial charge in [-0.25, -0.2) is 4.98 Å². The lowest BCUT2D eigenvalue weighted by Crippen LogP contribution is -2.13. The minimum atomic E-state index is -0.0769. The van der Waals surface area contributed by atoms with Crippen molar-refractivity contribution >= 4 is 52.2 Å². The molecule has 3 aromatic rings. The Morgan fingerprint density at radius 2 is 1.60 bits per heavy atom. The number of hydrogen-bond donors (Lipinski definition) is 0. The molecule has 25 heavy (non-hydrogen) atoms. The summed E-state index contributed by atoms with van der Waals surface area (Å²) in [7, 11) is 0. The molecule has 0 N–H and O–H groups in total. The highest BCUT2D eigenvalue weighted by molar-refractivity contribution is 6.42. The van der Waals surface area contributed by atoms with Crippen LogP contribution in [-0.4, -0.2) is 15.3 Å². The van der Waals surface area contributed by atoms with E-state index in [4.69, 9.17) is 46.4 Å². The highest BCUT2D eigenvalue weighted by atomic mass is 35.5. The smallest absolute Gasteiger partial charge is 0.182 e. The number of ketones is 1. The Balaban J connectivity index is 1.78. The fraction of sp³-hybridized carbons (Fsp3) is 0.111. The van der Waals surface area contributed by atoms with Crippen LogP contribution < -0.4 is 0 Å². The van der Waals surface area contributed by atoms with Crippen LogP contribution in [0, 0.1) is 0 Å². The normalized spacial score (nSPS) is 10.9. The fourth-order valence-corrected chi connectivity index (χ4v) is 3.02. The predicted octanol–water partition coefficient (Wildman–Crippen LogP) is 5.97. The first-order valence-electron chi connectivity index (χ1n) is 7.36. The standard InChI is InChI=1S/C18H12Cl4N2O/c19-13-3-1-11(7-15(13)21)8-18-23-5-6-24(18)10-17(25)12-2-4-14(20)16(22)9-12/h1-7,9H,8,10H2. The van der Waals surface area contributed by atoms with Crippen LogP contribution in [0.2, 0.25) is 20.1 Å². The van der Waals surface area contributed by atoms with E-state index in [0.717, 1.165) is 11.4 Å². The van der Waals surface area contributed by atoms with E-state index in [-0.39, 0.29) is 12.3 Å². The second kappa shape index (κ2) is 7.79. The van der Waals surface area contributed by atoms with Gasteiger partial charge in [-0.1, -0.05) is 52.5 Å². The van der Waals surface area contributed by atoms with Crippen molar-refractivity contribution in [1.82, 2.24) is 9.55 Å². The van der Waals surface area contributed by atoms with Crippen molar-refractivity contribution < 1.29 is 4.79 Å². The van der Waals surface area contributed by atoms with E-state index in [1.54, 1.807) is 47.3 Å². The number of halogens is 4. The van der Waals surface area contributed by atoms with E-state index in [1.807, 2.05) is 6.07 Å². The van der Waals surface area contributed by atoms with Gasteiger partial charge in [-0.15, -0.1) is 0 Å². The number of hydrogen-bond acceptors (Lipinski definition) is 2. The zero-order valence-electron chi connectivity index (χ0n) is 12.8. The third-order valence-corrected chi connectivity index (χ3v) is 5.18. The van der Waals surface area contributed by atoms with Crippen molar-refractivity contribution in [3.8, 4) is 0 Å². The molecule has 7 heteroatoms. The van der Waals surface area contributed by atoms with Crippen LogP contribution in [0.3, 0.4) is 0 Å². The monoisotopic (exact) mass is 412 g/mol. The molecular weight excluding hydrogens is 402 g/mol. The molecule has 0 amide bonds. The SMILES string of the molecule is O=C(Cn1ccnc1Cc1ccc(Cl)c(Cl)c1)c1ccc(Cl)c(Cl)c1. The van der Waals surface area contributed by atoms with Gasteiger partial charge in [0.25, 0.3) is 0 Å². The Morgan fingerprint density at radius 1 is 0.920 bits per heavy atom. The van der Waals surface area contributed by atoms with Crippen LogP contribution >= 0.6 is 46.4 Å². The second-order valence-corrected chi connectivity index (χ2v) is 7.08. The number of nitrogens with zero attached hydrogens (tertiary/aromatic N) is 2. The molecule has 3 rings (SSSR count). The van der Waals surface area contributed by atoms with Crippen LogP contribution in [0.5, 0.6) is 0 Å². The van der Waals surface area contributed by atoms with E-state index >= 15 is 0 Å². The third kappa shape index (κ3) is 4.36. The lowest BCUT2D eigenvalue weighted by molar-refractivity contribution is 0.0971. The lowest BCUT2D eigenvalue weighted by Gasteiger charge is -2.09. The summed E-state index contributed by atoms with van der Waals surface area (Å²) in [5.74, 6) is 0.679. The van der Waals surface area contributed by atoms with E-state index in [1.165, 1.54) is 0 Å². The first-order valence-corrected chi connectivity index (χ1v) is 8.87. The molecule has 0 aliphatic heterocycles. The Bertz CT molecular complexity index is 937. The van der Waals surface area contributed by atoms with E-state index in [9.17, 15) is 4.79 Å². The molecule has 0 saturated heterocycles. The Kier molecular flexibility index (Phi) is 5.70. The van der Waals surface area contributed by atoms with Crippen LogP contribution in [0.15, 0.2) is 48.8 Å². The topological polar surface area (TPSA) is 34.9 Å². The van der Waals surface area contributed by atoms with Crippen molar-refractivity contribution in [1.29, 1.82) is 0 Å². The third-order valence-electron chi connectivity index (χ3n) is 3.70. The molecule has 1 heterocycles. The number of imidazole rings is 1. The molecule has 2 aromatic carbocycles. The Hall–Kier alpha value is -1.52. The minimum Gasteiger partial charge on any atom is -0.327 e. The molecule has 0 aliphatic rings. The van der Waals surface area contributed by atoms with Gasteiger partial charge in [0.15, 0.2) is 5.78 Å². The fourth-order valence-electron chi connectivity index (χ4n) is 2.40. The summed E-state index contributed by atoms with van der Waals surface area (Å²) in [6.07, 6.45) is 3.97. The van der Waals surface area contributed by atoms with Crippen molar-refractivity contribution in [2.45, 2.75) is 13.0 Å². The van der Waals surface area contributed by atoms with Gasteiger partial charge in [0.1, 0.15) is 5.82 Å². The second-order valence-electron chi connectivity index (χ2n) is 5.45. The maximum absolute atomic E-state index is 12.5. The van der Waals surface area contributed by atoms with Gasteiger partial charge < -0.3 is 4.57 Å². The maximum Gasteiger partial charge on any atom is 0.182 e. The molecule has 0 unspecified atom stereocenters. The average molecular weight is 414 g/mol. The molecule has 0 spiro atoms. The van der Waals surface area contributed by atoms with Crippen LogP contribution in [-0.2, 0) is 13.0 Å². The summed E-state index contributed by atoms with van der Waals surface area (Å²) in [5, 5.41) is 1.77. The summed E-state index contributed by atoms with van der Waals surface area (Å²) in [6.45, 7) is 0.161. The first kappa shape index (κ1) is 18.3. The van der Waals surface area contributed by atoms with Gasteiger partial charge in [0, 0.05) is 24.4 Å². The van der Waals surface area contributed by atoms with Crippen molar-refractivity contribution in [3.05, 3.63) is 85.8 Å². The van der Waals surface area contributed by atoms with Crippen molar-refractivity contribution in [2.75, 3.05) is 0 Å². The number of aromatic nitrogens is 2. The van der Waals surface area contributed by atoms with Gasteiger partial charge in [-0.3, -0.25) is 4.79 Å². The molecule has 0 radical (unpaired) electrons. The summed E-state index contributed by atoms with van der Waals surface area (Å²) >= 11 is 23.9. The number of Topliss-reactive ketones (excluding diaryl/α,β-unsaturated/α-hetero) is 1. The number of benzene rings is 2. The van der Waals surface area contributed by atoms with Crippen molar-refractivity contribution in [3.63, 3.8) is 0 Å². The number of rotatable bonds is 5. The van der Waals surface area contributed by atoms with Crippen LogP contribution in [0.25, 0.3) is 0 Å². The summed E-state index contributed by atoms with van der Waals surface area (Å²) < 4.78 is 1.80. The zero-order valence-corrected chi connectivity index (χ0v) is 15.9. The zero-order chi connectivity index (χ0) is 18.0. The quantitative estimate of drug-likeness (QED) is 0.483.